The van der Waals surface area contributed by atoms with Crippen molar-refractivity contribution < 1.29 is 19.1 Å². The molecule has 2 saturated carbocycles. The summed E-state index contributed by atoms with van der Waals surface area (Å²) in [5, 5.41) is 0. The van der Waals surface area contributed by atoms with Crippen LogP contribution in [-0.4, -0.2) is 23.6 Å². The predicted molar refractivity (Wildman–Crippen MR) is 90.2 cm³/mol. The second-order valence-corrected chi connectivity index (χ2v) is 9.06. The smallest absolute Gasteiger partial charge is 0.306 e. The Morgan fingerprint density at radius 2 is 1.83 bits per heavy atom. The molecule has 3 aliphatic rings. The first-order chi connectivity index (χ1) is 11.2. The van der Waals surface area contributed by atoms with Crippen LogP contribution in [0.4, 0.5) is 0 Å². The summed E-state index contributed by atoms with van der Waals surface area (Å²) >= 11 is 0. The molecule has 5 atom stereocenters. The number of fused-ring (bicyclic) bond motifs is 1. The summed E-state index contributed by atoms with van der Waals surface area (Å²) < 4.78 is 5.89. The van der Waals surface area contributed by atoms with E-state index in [1.807, 2.05) is 0 Å². The maximum atomic E-state index is 13.1. The zero-order chi connectivity index (χ0) is 17.8. The topological polar surface area (TPSA) is 60.4 Å². The Kier molecular flexibility index (Phi) is 4.17. The molecule has 0 aromatic heterocycles. The van der Waals surface area contributed by atoms with Crippen LogP contribution >= 0.6 is 0 Å². The van der Waals surface area contributed by atoms with E-state index in [0.29, 0.717) is 19.3 Å². The van der Waals surface area contributed by atoms with Crippen LogP contribution in [0.25, 0.3) is 0 Å². The first kappa shape index (κ1) is 17.6. The summed E-state index contributed by atoms with van der Waals surface area (Å²) in [4.78, 5) is 36.9. The van der Waals surface area contributed by atoms with Crippen LogP contribution in [0.5, 0.6) is 0 Å². The van der Waals surface area contributed by atoms with Crippen LogP contribution in [0, 0.1) is 28.6 Å². The van der Waals surface area contributed by atoms with E-state index in [1.165, 1.54) is 0 Å². The number of ether oxygens (including phenoxy) is 1. The molecule has 0 aromatic carbocycles. The van der Waals surface area contributed by atoms with Gasteiger partial charge in [0.05, 0.1) is 5.92 Å². The van der Waals surface area contributed by atoms with Gasteiger partial charge in [-0.05, 0) is 42.9 Å². The summed E-state index contributed by atoms with van der Waals surface area (Å²) in [6.07, 6.45) is 6.20. The molecular weight excluding hydrogens is 304 g/mol. The molecule has 0 radical (unpaired) electrons. The molecule has 3 rings (SSSR count). The highest BCUT2D eigenvalue weighted by atomic mass is 16.6. The van der Waals surface area contributed by atoms with Crippen LogP contribution in [0.15, 0.2) is 0 Å². The highest BCUT2D eigenvalue weighted by Gasteiger charge is 2.65. The minimum Gasteiger partial charge on any atom is -0.458 e. The standard InChI is InChI=1S/C20H30O4/c1-13(2)20(11-8-16(23)24-20)17-14(22)6-7-15-18(3,12-21)9-5-10-19(15,17)4/h12-13,15,17H,5-11H2,1-4H3/t15-,17-,18?,19-,20+/m0/s1. The molecule has 0 N–H and O–H groups in total. The molecule has 134 valence electrons. The Morgan fingerprint density at radius 3 is 2.38 bits per heavy atom. The van der Waals surface area contributed by atoms with E-state index >= 15 is 0 Å². The number of esters is 1. The maximum Gasteiger partial charge on any atom is 0.306 e. The molecule has 0 spiro atoms. The van der Waals surface area contributed by atoms with Gasteiger partial charge in [-0.15, -0.1) is 0 Å². The predicted octanol–water partition coefficient (Wildman–Crippen LogP) is 3.71. The number of hydrogen-bond acceptors (Lipinski definition) is 4. The highest BCUT2D eigenvalue weighted by molar-refractivity contribution is 5.86. The first-order valence-electron chi connectivity index (χ1n) is 9.40. The monoisotopic (exact) mass is 334 g/mol. The summed E-state index contributed by atoms with van der Waals surface area (Å²) in [5.41, 5.74) is -1.33. The van der Waals surface area contributed by atoms with Gasteiger partial charge in [-0.3, -0.25) is 9.59 Å². The Balaban J connectivity index is 2.09. The molecule has 0 bridgehead atoms. The van der Waals surface area contributed by atoms with Gasteiger partial charge in [0.2, 0.25) is 0 Å². The van der Waals surface area contributed by atoms with Gasteiger partial charge in [-0.25, -0.2) is 0 Å². The van der Waals surface area contributed by atoms with Crippen LogP contribution in [-0.2, 0) is 19.1 Å². The van der Waals surface area contributed by atoms with Crippen LogP contribution in [0.2, 0.25) is 0 Å². The summed E-state index contributed by atoms with van der Waals surface area (Å²) in [7, 11) is 0. The van der Waals surface area contributed by atoms with E-state index in [2.05, 4.69) is 27.7 Å². The molecule has 1 saturated heterocycles. The lowest BCUT2D eigenvalue weighted by atomic mass is 9.44. The SMILES string of the molecule is CC(C)[C@@]1([C@H]2C(=O)CC[C@H]3C(C)(C=O)CCC[C@@]32C)CCC(=O)O1. The fraction of sp³-hybridized carbons (Fsp3) is 0.850. The van der Waals surface area contributed by atoms with Crippen molar-refractivity contribution in [3.05, 3.63) is 0 Å². The lowest BCUT2D eigenvalue weighted by molar-refractivity contribution is -0.190. The molecule has 4 nitrogen and oxygen atoms in total. The van der Waals surface area contributed by atoms with Crippen molar-refractivity contribution in [3.8, 4) is 0 Å². The average molecular weight is 334 g/mol. The fourth-order valence-electron chi connectivity index (χ4n) is 6.28. The lowest BCUT2D eigenvalue weighted by Crippen LogP contribution is -2.61. The summed E-state index contributed by atoms with van der Waals surface area (Å²) in [6.45, 7) is 8.34. The van der Waals surface area contributed by atoms with Crippen molar-refractivity contribution in [3.63, 3.8) is 0 Å². The van der Waals surface area contributed by atoms with Crippen molar-refractivity contribution in [2.24, 2.45) is 28.6 Å². The maximum absolute atomic E-state index is 13.1. The van der Waals surface area contributed by atoms with Gasteiger partial charge in [-0.2, -0.15) is 0 Å². The zero-order valence-corrected chi connectivity index (χ0v) is 15.4. The molecule has 1 aliphatic heterocycles. The Hall–Kier alpha value is -1.19. The Morgan fingerprint density at radius 1 is 1.12 bits per heavy atom. The fourth-order valence-corrected chi connectivity index (χ4v) is 6.28. The number of Topliss-reactive ketones (excluding diaryl/α,β-unsaturated/α-hetero) is 1. The van der Waals surface area contributed by atoms with E-state index in [1.54, 1.807) is 0 Å². The van der Waals surface area contributed by atoms with Crippen molar-refractivity contribution in [1.29, 1.82) is 0 Å². The van der Waals surface area contributed by atoms with E-state index in [4.69, 9.17) is 4.74 Å². The van der Waals surface area contributed by atoms with Gasteiger partial charge in [0.15, 0.2) is 0 Å². The minimum atomic E-state index is -0.692. The van der Waals surface area contributed by atoms with Crippen LogP contribution in [0.3, 0.4) is 0 Å². The third kappa shape index (κ3) is 2.28. The third-order valence-corrected chi connectivity index (χ3v) is 7.44. The molecule has 1 unspecified atom stereocenters. The van der Waals surface area contributed by atoms with E-state index in [-0.39, 0.29) is 40.3 Å². The Bertz CT molecular complexity index is 568. The van der Waals surface area contributed by atoms with Crippen LogP contribution < -0.4 is 0 Å². The summed E-state index contributed by atoms with van der Waals surface area (Å²) in [5.74, 6) is 0.0463. The van der Waals surface area contributed by atoms with Gasteiger partial charge in [0, 0.05) is 18.3 Å². The molecule has 2 aliphatic carbocycles. The van der Waals surface area contributed by atoms with Crippen molar-refractivity contribution in [2.75, 3.05) is 0 Å². The molecule has 4 heteroatoms. The number of hydrogen-bond donors (Lipinski definition) is 0. The lowest BCUT2D eigenvalue weighted by Gasteiger charge is -2.59. The van der Waals surface area contributed by atoms with Gasteiger partial charge < -0.3 is 9.53 Å². The second-order valence-electron chi connectivity index (χ2n) is 9.06. The number of carbonyl (C=O) groups excluding carboxylic acids is 3. The van der Waals surface area contributed by atoms with Gasteiger partial charge >= 0.3 is 5.97 Å². The second kappa shape index (κ2) is 5.67. The first-order valence-corrected chi connectivity index (χ1v) is 9.40. The number of cyclic esters (lactones) is 1. The third-order valence-electron chi connectivity index (χ3n) is 7.44. The molecule has 3 fully saturated rings. The van der Waals surface area contributed by atoms with Crippen molar-refractivity contribution in [1.82, 2.24) is 0 Å². The molecule has 24 heavy (non-hydrogen) atoms. The number of rotatable bonds is 3. The minimum absolute atomic E-state index is 0.0953. The van der Waals surface area contributed by atoms with E-state index in [0.717, 1.165) is 32.0 Å². The quantitative estimate of drug-likeness (QED) is 0.583. The molecule has 0 aromatic rings. The van der Waals surface area contributed by atoms with Crippen molar-refractivity contribution in [2.45, 2.75) is 78.2 Å². The van der Waals surface area contributed by atoms with Crippen LogP contribution in [0.1, 0.15) is 72.6 Å². The summed E-state index contributed by atoms with van der Waals surface area (Å²) in [6, 6.07) is 0. The van der Waals surface area contributed by atoms with Gasteiger partial charge in [-0.1, -0.05) is 34.1 Å². The van der Waals surface area contributed by atoms with Gasteiger partial charge in [0.25, 0.3) is 0 Å². The number of carbonyl (C=O) groups is 3. The van der Waals surface area contributed by atoms with Crippen molar-refractivity contribution >= 4 is 18.0 Å². The average Bonchev–Trinajstić information content (AvgIpc) is 2.89. The zero-order valence-electron chi connectivity index (χ0n) is 15.4. The molecule has 0 amide bonds. The molecular formula is C20H30O4. The number of aldehydes is 1. The van der Waals surface area contributed by atoms with E-state index < -0.39 is 5.60 Å². The molecule has 1 heterocycles. The highest BCUT2D eigenvalue weighted by Crippen LogP contribution is 2.63. The van der Waals surface area contributed by atoms with Gasteiger partial charge in [0.1, 0.15) is 17.7 Å². The number of ketones is 1. The van der Waals surface area contributed by atoms with E-state index in [9.17, 15) is 14.4 Å². The largest absolute Gasteiger partial charge is 0.458 e. The Labute approximate surface area is 144 Å². The normalized spacial score (nSPS) is 45.9.